The zero-order valence-electron chi connectivity index (χ0n) is 15.2. The lowest BCUT2D eigenvalue weighted by atomic mass is 10.1. The molecule has 2 aromatic rings. The summed E-state index contributed by atoms with van der Waals surface area (Å²) in [5.41, 5.74) is 1.09. The second-order valence-electron chi connectivity index (χ2n) is 5.96. The maximum atomic E-state index is 11.5. The van der Waals surface area contributed by atoms with E-state index in [2.05, 4.69) is 40.1 Å². The van der Waals surface area contributed by atoms with Crippen LogP contribution < -0.4 is 10.6 Å². The molecule has 2 N–H and O–H groups in total. The topological polar surface area (TPSA) is 70.6 Å². The number of hydrogen-bond donors (Lipinski definition) is 2. The lowest BCUT2D eigenvalue weighted by Gasteiger charge is -2.15. The minimum Gasteiger partial charge on any atom is -0.356 e. The third-order valence-electron chi connectivity index (χ3n) is 3.89. The highest BCUT2D eigenvalue weighted by Gasteiger charge is 2.08. The molecule has 0 radical (unpaired) electrons. The Labute approximate surface area is 177 Å². The van der Waals surface area contributed by atoms with E-state index >= 15 is 0 Å². The number of nitrogens with zero attached hydrogens (tertiary/aromatic N) is 1. The SMILES string of the molecule is CN=C(NCCc1ccc(S(C)(=O)=O)cc1)NCC(C)c1cccs1.I. The van der Waals surface area contributed by atoms with Crippen molar-refractivity contribution in [3.63, 3.8) is 0 Å². The first-order chi connectivity index (χ1) is 11.9. The largest absolute Gasteiger partial charge is 0.356 e. The van der Waals surface area contributed by atoms with Gasteiger partial charge in [-0.1, -0.05) is 25.1 Å². The molecule has 8 heteroatoms. The standard InChI is InChI=1S/C18H25N3O2S2.HI/c1-14(17-5-4-12-24-17)13-21-18(19-2)20-11-10-15-6-8-16(9-7-15)25(3,22)23;/h4-9,12,14H,10-11,13H2,1-3H3,(H2,19,20,21);1H. The Morgan fingerprint density at radius 1 is 1.19 bits per heavy atom. The van der Waals surface area contributed by atoms with Gasteiger partial charge in [-0.2, -0.15) is 0 Å². The average Bonchev–Trinajstić information content (AvgIpc) is 3.12. The molecule has 1 aromatic heterocycles. The number of halogens is 1. The predicted octanol–water partition coefficient (Wildman–Crippen LogP) is 3.28. The van der Waals surface area contributed by atoms with E-state index in [0.29, 0.717) is 10.8 Å². The molecule has 26 heavy (non-hydrogen) atoms. The molecular weight excluding hydrogens is 481 g/mol. The van der Waals surface area contributed by atoms with Gasteiger partial charge >= 0.3 is 0 Å². The van der Waals surface area contributed by atoms with E-state index in [1.807, 2.05) is 12.1 Å². The van der Waals surface area contributed by atoms with Crippen molar-refractivity contribution in [2.75, 3.05) is 26.4 Å². The van der Waals surface area contributed by atoms with Crippen molar-refractivity contribution in [2.45, 2.75) is 24.2 Å². The Bertz CT molecular complexity index is 788. The number of sulfone groups is 1. The molecule has 0 amide bonds. The van der Waals surface area contributed by atoms with Crippen LogP contribution in [0.4, 0.5) is 0 Å². The fraction of sp³-hybridized carbons (Fsp3) is 0.389. The molecule has 0 saturated heterocycles. The van der Waals surface area contributed by atoms with Crippen molar-refractivity contribution in [3.05, 3.63) is 52.2 Å². The lowest BCUT2D eigenvalue weighted by molar-refractivity contribution is 0.602. The highest BCUT2D eigenvalue weighted by atomic mass is 127. The molecule has 2 rings (SSSR count). The summed E-state index contributed by atoms with van der Waals surface area (Å²) in [5, 5.41) is 8.72. The maximum absolute atomic E-state index is 11.5. The van der Waals surface area contributed by atoms with Gasteiger partial charge in [0.1, 0.15) is 0 Å². The van der Waals surface area contributed by atoms with Crippen molar-refractivity contribution >= 4 is 51.1 Å². The molecule has 0 spiro atoms. The van der Waals surface area contributed by atoms with E-state index in [1.165, 1.54) is 11.1 Å². The molecule has 1 unspecified atom stereocenters. The quantitative estimate of drug-likeness (QED) is 0.343. The number of rotatable bonds is 7. The molecule has 0 aliphatic carbocycles. The molecule has 0 bridgehead atoms. The van der Waals surface area contributed by atoms with Gasteiger partial charge in [0.2, 0.25) is 0 Å². The highest BCUT2D eigenvalue weighted by Crippen LogP contribution is 2.19. The first kappa shape index (κ1) is 22.9. The molecule has 1 heterocycles. The van der Waals surface area contributed by atoms with Crippen LogP contribution in [-0.4, -0.2) is 40.8 Å². The van der Waals surface area contributed by atoms with Crippen LogP contribution in [0.5, 0.6) is 0 Å². The summed E-state index contributed by atoms with van der Waals surface area (Å²) in [6, 6.07) is 11.2. The number of benzene rings is 1. The average molecular weight is 507 g/mol. The molecule has 1 aromatic carbocycles. The first-order valence-electron chi connectivity index (χ1n) is 8.17. The minimum absolute atomic E-state index is 0. The monoisotopic (exact) mass is 507 g/mol. The maximum Gasteiger partial charge on any atom is 0.191 e. The van der Waals surface area contributed by atoms with Crippen LogP contribution in [0.3, 0.4) is 0 Å². The Hall–Kier alpha value is -1.13. The fourth-order valence-electron chi connectivity index (χ4n) is 2.37. The van der Waals surface area contributed by atoms with Crippen LogP contribution >= 0.6 is 35.3 Å². The highest BCUT2D eigenvalue weighted by molar-refractivity contribution is 14.0. The van der Waals surface area contributed by atoms with Crippen molar-refractivity contribution in [1.29, 1.82) is 0 Å². The second-order valence-corrected chi connectivity index (χ2v) is 8.96. The molecule has 0 saturated carbocycles. The van der Waals surface area contributed by atoms with Gasteiger partial charge in [-0.25, -0.2) is 8.42 Å². The summed E-state index contributed by atoms with van der Waals surface area (Å²) >= 11 is 1.77. The van der Waals surface area contributed by atoms with Gasteiger partial charge in [0.15, 0.2) is 15.8 Å². The van der Waals surface area contributed by atoms with Crippen LogP contribution in [0.2, 0.25) is 0 Å². The molecule has 0 aliphatic heterocycles. The summed E-state index contributed by atoms with van der Waals surface area (Å²) in [6.07, 6.45) is 2.02. The van der Waals surface area contributed by atoms with Gasteiger partial charge in [0.25, 0.3) is 0 Å². The Morgan fingerprint density at radius 2 is 1.88 bits per heavy atom. The summed E-state index contributed by atoms with van der Waals surface area (Å²) in [7, 11) is -1.38. The number of nitrogens with one attached hydrogen (secondary N) is 2. The molecule has 0 aliphatic rings. The van der Waals surface area contributed by atoms with E-state index in [-0.39, 0.29) is 24.0 Å². The van der Waals surface area contributed by atoms with Gasteiger partial charge in [0.05, 0.1) is 4.90 Å². The third kappa shape index (κ3) is 7.24. The summed E-state index contributed by atoms with van der Waals surface area (Å²) in [5.74, 6) is 1.21. The van der Waals surface area contributed by atoms with Crippen molar-refractivity contribution in [2.24, 2.45) is 4.99 Å². The van der Waals surface area contributed by atoms with Gasteiger partial charge in [-0.05, 0) is 35.6 Å². The summed E-state index contributed by atoms with van der Waals surface area (Å²) in [6.45, 7) is 3.74. The smallest absolute Gasteiger partial charge is 0.191 e. The number of aliphatic imine (C=N–C) groups is 1. The van der Waals surface area contributed by atoms with Crippen LogP contribution in [0.1, 0.15) is 23.3 Å². The number of thiophene rings is 1. The predicted molar refractivity (Wildman–Crippen MR) is 121 cm³/mol. The molecule has 0 fully saturated rings. The van der Waals surface area contributed by atoms with Gasteiger partial charge in [-0.15, -0.1) is 35.3 Å². The van der Waals surface area contributed by atoms with E-state index in [0.717, 1.165) is 31.0 Å². The molecular formula is C18H26IN3O2S2. The van der Waals surface area contributed by atoms with Gasteiger partial charge in [-0.3, -0.25) is 4.99 Å². The summed E-state index contributed by atoms with van der Waals surface area (Å²) in [4.78, 5) is 5.94. The van der Waals surface area contributed by atoms with Gasteiger partial charge < -0.3 is 10.6 Å². The third-order valence-corrected chi connectivity index (χ3v) is 6.12. The van der Waals surface area contributed by atoms with E-state index < -0.39 is 9.84 Å². The normalized spacial score (nSPS) is 13.0. The van der Waals surface area contributed by atoms with E-state index in [4.69, 9.17) is 0 Å². The van der Waals surface area contributed by atoms with Crippen LogP contribution in [0.15, 0.2) is 51.7 Å². The summed E-state index contributed by atoms with van der Waals surface area (Å²) < 4.78 is 22.9. The van der Waals surface area contributed by atoms with Gasteiger partial charge in [0, 0.05) is 37.2 Å². The molecule has 5 nitrogen and oxygen atoms in total. The second kappa shape index (κ2) is 10.9. The van der Waals surface area contributed by atoms with Crippen molar-refractivity contribution in [3.8, 4) is 0 Å². The van der Waals surface area contributed by atoms with E-state index in [9.17, 15) is 8.42 Å². The van der Waals surface area contributed by atoms with Crippen LogP contribution in [0.25, 0.3) is 0 Å². The molecule has 1 atom stereocenters. The zero-order valence-corrected chi connectivity index (χ0v) is 19.2. The van der Waals surface area contributed by atoms with Crippen LogP contribution in [0, 0.1) is 0 Å². The Kier molecular flexibility index (Phi) is 9.59. The van der Waals surface area contributed by atoms with Crippen molar-refractivity contribution < 1.29 is 8.42 Å². The minimum atomic E-state index is -3.14. The first-order valence-corrected chi connectivity index (χ1v) is 10.9. The zero-order chi connectivity index (χ0) is 18.3. The van der Waals surface area contributed by atoms with E-state index in [1.54, 1.807) is 30.5 Å². The Morgan fingerprint density at radius 3 is 2.42 bits per heavy atom. The lowest BCUT2D eigenvalue weighted by Crippen LogP contribution is -2.39. The fourth-order valence-corrected chi connectivity index (χ4v) is 3.79. The Balaban J connectivity index is 0.00000338. The number of hydrogen-bond acceptors (Lipinski definition) is 4. The molecule has 144 valence electrons. The number of guanidine groups is 1. The van der Waals surface area contributed by atoms with Crippen molar-refractivity contribution in [1.82, 2.24) is 10.6 Å². The van der Waals surface area contributed by atoms with Crippen LogP contribution in [-0.2, 0) is 16.3 Å².